The quantitative estimate of drug-likeness (QED) is 0.448. The highest BCUT2D eigenvalue weighted by molar-refractivity contribution is 6.20. The lowest BCUT2D eigenvalue weighted by Gasteiger charge is -1.95. The van der Waals surface area contributed by atoms with Gasteiger partial charge in [0.25, 0.3) is 0 Å². The van der Waals surface area contributed by atoms with E-state index in [1.165, 1.54) is 12.2 Å². The molecule has 0 fully saturated rings. The lowest BCUT2D eigenvalue weighted by molar-refractivity contribution is 1.10. The highest BCUT2D eigenvalue weighted by Crippen LogP contribution is 1.92. The fourth-order valence-corrected chi connectivity index (χ4v) is 0.568. The highest BCUT2D eigenvalue weighted by atomic mass is 14.8. The molecule has 0 amide bonds. The van der Waals surface area contributed by atoms with Crippen molar-refractivity contribution in [1.82, 2.24) is 5.32 Å². The van der Waals surface area contributed by atoms with Crippen molar-refractivity contribution in [2.75, 3.05) is 7.05 Å². The van der Waals surface area contributed by atoms with Gasteiger partial charge in [0.2, 0.25) is 0 Å². The molecule has 0 aliphatic carbocycles. The largest absolute Gasteiger partial charge is 0.394 e. The molecular formula is C8H12N4. The van der Waals surface area contributed by atoms with Crippen molar-refractivity contribution in [1.29, 1.82) is 16.2 Å². The molecule has 0 radical (unpaired) electrons. The first kappa shape index (κ1) is 10.3. The predicted molar refractivity (Wildman–Crippen MR) is 51.6 cm³/mol. The predicted octanol–water partition coefficient (Wildman–Crippen LogP) is 0.965. The third-order valence-electron chi connectivity index (χ3n) is 1.15. The Labute approximate surface area is 71.5 Å². The average molecular weight is 164 g/mol. The van der Waals surface area contributed by atoms with Crippen LogP contribution < -0.4 is 5.32 Å². The molecule has 0 spiro atoms. The van der Waals surface area contributed by atoms with E-state index >= 15 is 0 Å². The second-order valence-electron chi connectivity index (χ2n) is 1.97. The van der Waals surface area contributed by atoms with Crippen molar-refractivity contribution in [3.05, 3.63) is 23.9 Å². The summed E-state index contributed by atoms with van der Waals surface area (Å²) in [4.78, 5) is 0. The molecule has 12 heavy (non-hydrogen) atoms. The molecule has 0 heterocycles. The average Bonchev–Trinajstić information content (AvgIpc) is 2.10. The summed E-state index contributed by atoms with van der Waals surface area (Å²) < 4.78 is 0. The summed E-state index contributed by atoms with van der Waals surface area (Å²) in [6.45, 7) is 0. The topological polar surface area (TPSA) is 83.6 Å². The van der Waals surface area contributed by atoms with Crippen molar-refractivity contribution in [3.63, 3.8) is 0 Å². The van der Waals surface area contributed by atoms with E-state index < -0.39 is 0 Å². The van der Waals surface area contributed by atoms with E-state index in [9.17, 15) is 0 Å². The molecular weight excluding hydrogens is 152 g/mol. The zero-order chi connectivity index (χ0) is 9.40. The number of nitrogens with one attached hydrogen (secondary N) is 4. The van der Waals surface area contributed by atoms with Crippen molar-refractivity contribution in [2.45, 2.75) is 0 Å². The van der Waals surface area contributed by atoms with Gasteiger partial charge in [-0.15, -0.1) is 0 Å². The Balaban J connectivity index is 4.42. The second-order valence-corrected chi connectivity index (χ2v) is 1.97. The fraction of sp³-hybridized carbons (Fsp3) is 0.125. The molecule has 64 valence electrons. The van der Waals surface area contributed by atoms with Crippen LogP contribution in [0.15, 0.2) is 23.9 Å². The van der Waals surface area contributed by atoms with Gasteiger partial charge in [-0.05, 0) is 18.4 Å². The molecule has 0 bridgehead atoms. The van der Waals surface area contributed by atoms with Crippen LogP contribution in [0.4, 0.5) is 0 Å². The van der Waals surface area contributed by atoms with E-state index in [1.807, 2.05) is 0 Å². The van der Waals surface area contributed by atoms with Crippen LogP contribution in [0.25, 0.3) is 0 Å². The van der Waals surface area contributed by atoms with Crippen LogP contribution in [-0.4, -0.2) is 25.2 Å². The van der Waals surface area contributed by atoms with Gasteiger partial charge in [0, 0.05) is 25.0 Å². The van der Waals surface area contributed by atoms with Crippen LogP contribution in [0.3, 0.4) is 0 Å². The van der Waals surface area contributed by atoms with E-state index in [4.69, 9.17) is 16.2 Å². The molecule has 0 aromatic rings. The number of hydrogen-bond donors (Lipinski definition) is 4. The van der Waals surface area contributed by atoms with Crippen LogP contribution in [0, 0.1) is 16.2 Å². The molecule has 0 unspecified atom stereocenters. The summed E-state index contributed by atoms with van der Waals surface area (Å²) in [5, 5.41) is 23.8. The molecule has 0 aliphatic heterocycles. The van der Waals surface area contributed by atoms with Gasteiger partial charge in [0.1, 0.15) is 0 Å². The Kier molecular flexibility index (Phi) is 5.17. The second kappa shape index (κ2) is 6.03. The first-order valence-electron chi connectivity index (χ1n) is 3.40. The van der Waals surface area contributed by atoms with Crippen LogP contribution in [0.1, 0.15) is 0 Å². The van der Waals surface area contributed by atoms with Crippen molar-refractivity contribution >= 4 is 18.1 Å². The van der Waals surface area contributed by atoms with Gasteiger partial charge in [-0.1, -0.05) is 0 Å². The van der Waals surface area contributed by atoms with Crippen LogP contribution in [0.2, 0.25) is 0 Å². The van der Waals surface area contributed by atoms with Crippen molar-refractivity contribution in [3.8, 4) is 0 Å². The van der Waals surface area contributed by atoms with Gasteiger partial charge < -0.3 is 21.5 Å². The Hall–Kier alpha value is -1.71. The lowest BCUT2D eigenvalue weighted by Crippen LogP contribution is -2.01. The Morgan fingerprint density at radius 2 is 2.00 bits per heavy atom. The summed E-state index contributed by atoms with van der Waals surface area (Å²) in [5.41, 5.74) is 0.624. The third-order valence-corrected chi connectivity index (χ3v) is 1.15. The van der Waals surface area contributed by atoms with Crippen molar-refractivity contribution in [2.24, 2.45) is 0 Å². The van der Waals surface area contributed by atoms with Crippen molar-refractivity contribution < 1.29 is 0 Å². The van der Waals surface area contributed by atoms with Crippen LogP contribution in [-0.2, 0) is 0 Å². The lowest BCUT2D eigenvalue weighted by atomic mass is 10.1. The third kappa shape index (κ3) is 3.46. The van der Waals surface area contributed by atoms with Crippen LogP contribution >= 0.6 is 0 Å². The van der Waals surface area contributed by atoms with Gasteiger partial charge >= 0.3 is 0 Å². The van der Waals surface area contributed by atoms with E-state index in [2.05, 4.69) is 5.32 Å². The normalized spacial score (nSPS) is 11.2. The SMILES string of the molecule is CN/C=C\C(=N)/C(C=N)=C/C=N. The molecule has 4 N–H and O–H groups in total. The van der Waals surface area contributed by atoms with E-state index in [0.29, 0.717) is 5.57 Å². The Morgan fingerprint density at radius 3 is 2.42 bits per heavy atom. The minimum absolute atomic E-state index is 0.211. The zero-order valence-electron chi connectivity index (χ0n) is 6.89. The molecule has 0 aromatic heterocycles. The number of rotatable bonds is 5. The summed E-state index contributed by atoms with van der Waals surface area (Å²) in [6.07, 6.45) is 6.63. The summed E-state index contributed by atoms with van der Waals surface area (Å²) in [6, 6.07) is 0. The molecule has 0 saturated carbocycles. The van der Waals surface area contributed by atoms with Gasteiger partial charge in [-0.25, -0.2) is 0 Å². The monoisotopic (exact) mass is 164 g/mol. The number of hydrogen-bond acceptors (Lipinski definition) is 4. The summed E-state index contributed by atoms with van der Waals surface area (Å²) in [7, 11) is 1.73. The fourth-order valence-electron chi connectivity index (χ4n) is 0.568. The van der Waals surface area contributed by atoms with E-state index in [0.717, 1.165) is 12.4 Å². The molecule has 4 nitrogen and oxygen atoms in total. The smallest absolute Gasteiger partial charge is 0.0642 e. The minimum Gasteiger partial charge on any atom is -0.394 e. The molecule has 0 rings (SSSR count). The van der Waals surface area contributed by atoms with E-state index in [-0.39, 0.29) is 5.71 Å². The molecule has 0 saturated heterocycles. The first-order valence-corrected chi connectivity index (χ1v) is 3.40. The van der Waals surface area contributed by atoms with Gasteiger partial charge in [0.05, 0.1) is 5.71 Å². The maximum absolute atomic E-state index is 7.40. The van der Waals surface area contributed by atoms with Gasteiger partial charge in [-0.2, -0.15) is 0 Å². The molecule has 0 aliphatic rings. The maximum Gasteiger partial charge on any atom is 0.0642 e. The Bertz CT molecular complexity index is 237. The van der Waals surface area contributed by atoms with Gasteiger partial charge in [-0.3, -0.25) is 0 Å². The molecule has 0 atom stereocenters. The summed E-state index contributed by atoms with van der Waals surface area (Å²) in [5.74, 6) is 0. The zero-order valence-corrected chi connectivity index (χ0v) is 6.89. The van der Waals surface area contributed by atoms with E-state index in [1.54, 1.807) is 13.2 Å². The minimum atomic E-state index is 0.211. The Morgan fingerprint density at radius 1 is 1.33 bits per heavy atom. The number of allylic oxidation sites excluding steroid dienone is 3. The van der Waals surface area contributed by atoms with Gasteiger partial charge in [0.15, 0.2) is 0 Å². The highest BCUT2D eigenvalue weighted by Gasteiger charge is 1.95. The maximum atomic E-state index is 7.40. The standard InChI is InChI=1S/C8H12N4/c1-12-5-3-8(11)7(6-10)2-4-9/h2-6,9-12H,1H3/b5-3-,7-2+,9-4?,10-6?,11-8?. The first-order chi connectivity index (χ1) is 5.76. The summed E-state index contributed by atoms with van der Waals surface area (Å²) >= 11 is 0. The molecule has 4 heteroatoms. The molecule has 0 aromatic carbocycles. The van der Waals surface area contributed by atoms with Crippen LogP contribution in [0.5, 0.6) is 0 Å².